The minimum Gasteiger partial charge on any atom is -0.481 e. The number of aromatic nitrogens is 2. The van der Waals surface area contributed by atoms with Gasteiger partial charge in [0.25, 0.3) is 0 Å². The number of benzene rings is 2. The zero-order valence-electron chi connectivity index (χ0n) is 48.1. The van der Waals surface area contributed by atoms with E-state index in [2.05, 4.69) is 26.8 Å². The van der Waals surface area contributed by atoms with Crippen molar-refractivity contribution >= 4 is 81.7 Å². The molecule has 0 saturated carbocycles. The van der Waals surface area contributed by atoms with Crippen LogP contribution in [0.4, 0.5) is 0 Å². The number of carboxylic acids is 3. The van der Waals surface area contributed by atoms with Gasteiger partial charge in [0, 0.05) is 51.1 Å². The summed E-state index contributed by atoms with van der Waals surface area (Å²) in [6.07, 6.45) is -1.72. The van der Waals surface area contributed by atoms with Gasteiger partial charge in [0.2, 0.25) is 11.8 Å². The number of aliphatic carboxylic acids is 3. The molecule has 5 heterocycles. The van der Waals surface area contributed by atoms with Crippen LogP contribution in [0.2, 0.25) is 0 Å². The number of cyclic esters (lactones) is 2. The molecule has 4 aromatic rings. The molecule has 82 heavy (non-hydrogen) atoms. The van der Waals surface area contributed by atoms with Crippen molar-refractivity contribution in [2.24, 2.45) is 22.5 Å². The standard InChI is InChI=1S/C28H36N2O6S.C24H33N3O3S.C4H4O3.C3H4O4/c1-16(18-6-8-19(9-7-18)26-17(2)29-15-37-26)10-24(33)23-12-21(32)14-30(23)27(36)22(28(3,4)5)11-20(31)13-25(34)35;1-14(16-6-8-17(9-7-16)21-15(2)26-13-31-21)10-20(29)19-11-18(28)12-27(19)23(30)22(25)24(3,4)5;5-3-1-2-4(6)7-3;4-2(5)1-3(6)7/h6-9,15-16,21-23,32H,10-14H2,1-5H3,(H,34,35);6-9,13-14,18-19,22,28H,10-12,25H2,1-5H3;1-2H2;1H2,(H,4,5)(H,6,7)/t16-,21-,22-,23+;14-,18-,19+,22-;;/m11../s1. The molecule has 2 aromatic heterocycles. The number of nitrogens with two attached hydrogens (primary N) is 1. The lowest BCUT2D eigenvalue weighted by Crippen LogP contribution is -2.53. The van der Waals surface area contributed by atoms with Crippen LogP contribution in [0.5, 0.6) is 0 Å². The zero-order chi connectivity index (χ0) is 61.6. The summed E-state index contributed by atoms with van der Waals surface area (Å²) in [5, 5.41) is 44.9. The van der Waals surface area contributed by atoms with Gasteiger partial charge in [-0.1, -0.05) is 104 Å². The quantitative estimate of drug-likeness (QED) is 0.0425. The van der Waals surface area contributed by atoms with E-state index in [4.69, 9.17) is 21.1 Å². The number of Topliss-reactive ketones (excluding diaryl/α,β-unsaturated/α-hetero) is 3. The molecule has 3 saturated heterocycles. The molecular formula is C59H77N5O16S2. The van der Waals surface area contributed by atoms with Crippen LogP contribution in [-0.2, 0) is 52.7 Å². The van der Waals surface area contributed by atoms with Gasteiger partial charge in [-0.2, -0.15) is 0 Å². The summed E-state index contributed by atoms with van der Waals surface area (Å²) in [5.74, 6) is -6.88. The maximum atomic E-state index is 13.6. The third-order valence-corrected chi connectivity index (χ3v) is 16.2. The fourth-order valence-electron chi connectivity index (χ4n) is 9.46. The molecule has 7 rings (SSSR count). The van der Waals surface area contributed by atoms with Crippen LogP contribution < -0.4 is 5.73 Å². The van der Waals surface area contributed by atoms with Gasteiger partial charge < -0.3 is 45.8 Å². The Balaban J connectivity index is 0.000000287. The number of rotatable bonds is 18. The Morgan fingerprint density at radius 1 is 0.610 bits per heavy atom. The van der Waals surface area contributed by atoms with Crippen LogP contribution in [-0.4, -0.2) is 148 Å². The molecule has 3 aliphatic heterocycles. The number of aryl methyl sites for hydroxylation is 2. The summed E-state index contributed by atoms with van der Waals surface area (Å²) in [5.41, 5.74) is 15.0. The number of esters is 2. The van der Waals surface area contributed by atoms with E-state index in [1.54, 1.807) is 22.7 Å². The second-order valence-corrected chi connectivity index (χ2v) is 24.8. The molecule has 23 heteroatoms. The highest BCUT2D eigenvalue weighted by Gasteiger charge is 2.45. The number of carbonyl (C=O) groups excluding carboxylic acids is 7. The Labute approximate surface area is 485 Å². The number of aliphatic hydroxyl groups is 2. The third-order valence-electron chi connectivity index (χ3n) is 14.2. The van der Waals surface area contributed by atoms with Gasteiger partial charge in [-0.15, -0.1) is 22.7 Å². The van der Waals surface area contributed by atoms with E-state index in [1.807, 2.05) is 117 Å². The van der Waals surface area contributed by atoms with E-state index in [0.29, 0.717) is 6.42 Å². The number of amides is 2. The van der Waals surface area contributed by atoms with Crippen LogP contribution in [0.15, 0.2) is 59.6 Å². The molecule has 3 aliphatic rings. The molecule has 0 aliphatic carbocycles. The summed E-state index contributed by atoms with van der Waals surface area (Å²) in [6, 6.07) is 14.2. The lowest BCUT2D eigenvalue weighted by Gasteiger charge is -2.35. The van der Waals surface area contributed by atoms with Crippen molar-refractivity contribution in [3.05, 3.63) is 82.1 Å². The maximum Gasteiger partial charge on any atom is 0.314 e. The van der Waals surface area contributed by atoms with Crippen molar-refractivity contribution in [3.63, 3.8) is 0 Å². The van der Waals surface area contributed by atoms with Crippen LogP contribution in [0, 0.1) is 30.6 Å². The van der Waals surface area contributed by atoms with Gasteiger partial charge >= 0.3 is 29.8 Å². The van der Waals surface area contributed by atoms with Crippen molar-refractivity contribution in [2.45, 2.75) is 169 Å². The monoisotopic (exact) mass is 1180 g/mol. The summed E-state index contributed by atoms with van der Waals surface area (Å²) < 4.78 is 4.08. The van der Waals surface area contributed by atoms with Gasteiger partial charge in [-0.05, 0) is 58.8 Å². The van der Waals surface area contributed by atoms with Crippen LogP contribution in [0.3, 0.4) is 0 Å². The second kappa shape index (κ2) is 29.9. The zero-order valence-corrected chi connectivity index (χ0v) is 49.7. The SMILES string of the molecule is Cc1ncsc1-c1ccc([C@H](C)CC(=O)[C@@H]2C[C@@H](O)CN2C(=O)[C@@H](CC(=O)CC(=O)O)C(C)(C)C)cc1.Cc1ncsc1-c1ccc([C@H](C)CC(=O)[C@@H]2C[C@@H](O)CN2C(=O)[C@@H](N)C(C)(C)C)cc1.O=C(O)CC(=O)O.O=C1CCC(=O)O1. The van der Waals surface area contributed by atoms with E-state index < -0.39 is 101 Å². The molecule has 0 unspecified atom stereocenters. The summed E-state index contributed by atoms with van der Waals surface area (Å²) in [7, 11) is 0. The summed E-state index contributed by atoms with van der Waals surface area (Å²) in [6.45, 7) is 19.3. The Bertz CT molecular complexity index is 2900. The van der Waals surface area contributed by atoms with E-state index in [1.165, 1.54) is 9.80 Å². The highest BCUT2D eigenvalue weighted by Crippen LogP contribution is 2.36. The smallest absolute Gasteiger partial charge is 0.314 e. The molecular weight excluding hydrogens is 1100 g/mol. The van der Waals surface area contributed by atoms with E-state index in [0.717, 1.165) is 43.4 Å². The van der Waals surface area contributed by atoms with E-state index >= 15 is 0 Å². The third kappa shape index (κ3) is 19.9. The molecule has 2 amide bonds. The van der Waals surface area contributed by atoms with Crippen LogP contribution in [0.25, 0.3) is 20.9 Å². The van der Waals surface area contributed by atoms with Crippen LogP contribution in [0.1, 0.15) is 148 Å². The molecule has 7 N–H and O–H groups in total. The lowest BCUT2D eigenvalue weighted by atomic mass is 9.76. The predicted molar refractivity (Wildman–Crippen MR) is 305 cm³/mol. The lowest BCUT2D eigenvalue weighted by molar-refractivity contribution is -0.152. The Morgan fingerprint density at radius 2 is 0.988 bits per heavy atom. The number of hydrogen-bond acceptors (Lipinski definition) is 18. The first kappa shape index (κ1) is 67.6. The first-order chi connectivity index (χ1) is 38.2. The fourth-order valence-corrected chi connectivity index (χ4v) is 11.1. The molecule has 8 atom stereocenters. The molecule has 446 valence electrons. The van der Waals surface area contributed by atoms with Crippen molar-refractivity contribution < 1.29 is 78.2 Å². The number of aliphatic hydroxyl groups excluding tert-OH is 2. The number of nitrogens with zero attached hydrogens (tertiary/aromatic N) is 4. The molecule has 0 spiro atoms. The minimum absolute atomic E-state index is 0.00934. The largest absolute Gasteiger partial charge is 0.481 e. The molecule has 0 radical (unpaired) electrons. The number of ether oxygens (including phenoxy) is 1. The van der Waals surface area contributed by atoms with Gasteiger partial charge in [0.15, 0.2) is 11.6 Å². The first-order valence-corrected chi connectivity index (χ1v) is 28.6. The number of thiazole rings is 2. The van der Waals surface area contributed by atoms with Crippen molar-refractivity contribution in [2.75, 3.05) is 13.1 Å². The maximum absolute atomic E-state index is 13.6. The second-order valence-electron chi connectivity index (χ2n) is 23.1. The van der Waals surface area contributed by atoms with E-state index in [-0.39, 0.29) is 80.9 Å². The number of ketones is 3. The molecule has 0 bridgehead atoms. The molecule has 2 aromatic carbocycles. The molecule has 3 fully saturated rings. The molecule has 21 nitrogen and oxygen atoms in total. The van der Waals surface area contributed by atoms with Crippen molar-refractivity contribution in [3.8, 4) is 20.9 Å². The number of hydrogen-bond donors (Lipinski definition) is 6. The van der Waals surface area contributed by atoms with Gasteiger partial charge in [-0.25, -0.2) is 9.97 Å². The highest BCUT2D eigenvalue weighted by atomic mass is 32.1. The average molecular weight is 1180 g/mol. The number of likely N-dealkylation sites (tertiary alicyclic amines) is 2. The topological polar surface area (TPSA) is 339 Å². The number of β-amino-alcohol motifs (C(OH)–C–C–N with tert-alkyl or cyclic N) is 2. The number of carbonyl (C=O) groups is 10. The summed E-state index contributed by atoms with van der Waals surface area (Å²) >= 11 is 3.20. The van der Waals surface area contributed by atoms with Crippen molar-refractivity contribution in [1.82, 2.24) is 19.8 Å². The van der Waals surface area contributed by atoms with E-state index in [9.17, 15) is 58.2 Å². The van der Waals surface area contributed by atoms with Gasteiger partial charge in [0.1, 0.15) is 18.6 Å². The average Bonchev–Trinajstić information content (AvgIpc) is 4.44. The minimum atomic E-state index is -1.31. The fraction of sp³-hybridized carbons (Fsp3) is 0.525. The Kier molecular flexibility index (Phi) is 24.6. The Morgan fingerprint density at radius 3 is 1.28 bits per heavy atom. The van der Waals surface area contributed by atoms with Crippen molar-refractivity contribution in [1.29, 1.82) is 0 Å². The Hall–Kier alpha value is -6.92. The number of carboxylic acid groups (broad SMARTS) is 3. The van der Waals surface area contributed by atoms with Gasteiger partial charge in [0.05, 0.1) is 75.3 Å². The first-order valence-electron chi connectivity index (χ1n) is 26.9. The van der Waals surface area contributed by atoms with Crippen LogP contribution >= 0.6 is 22.7 Å². The predicted octanol–water partition coefficient (Wildman–Crippen LogP) is 7.15. The van der Waals surface area contributed by atoms with Gasteiger partial charge in [-0.3, -0.25) is 47.9 Å². The highest BCUT2D eigenvalue weighted by molar-refractivity contribution is 7.13. The summed E-state index contributed by atoms with van der Waals surface area (Å²) in [4.78, 5) is 129. The normalized spacial score (nSPS) is 19.2.